The second-order valence-electron chi connectivity index (χ2n) is 15.0. The number of fused-ring (bicyclic) bond motifs is 8. The molecule has 0 radical (unpaired) electrons. The number of rotatable bonds is 5. The van der Waals surface area contributed by atoms with E-state index >= 15 is 0 Å². The smallest absolute Gasteiger partial charge is 0.164 e. The molecule has 8 aromatic carbocycles. The fourth-order valence-corrected chi connectivity index (χ4v) is 9.15. The first-order chi connectivity index (χ1) is 28.8. The predicted octanol–water partition coefficient (Wildman–Crippen LogP) is 13.2. The molecule has 2 aliphatic rings. The lowest BCUT2D eigenvalue weighted by molar-refractivity contribution is 0.272. The molecule has 5 nitrogen and oxygen atoms in total. The minimum Gasteiger partial charge on any atom is -0.484 e. The summed E-state index contributed by atoms with van der Waals surface area (Å²) in [5.74, 6) is 2.81. The van der Waals surface area contributed by atoms with Crippen molar-refractivity contribution in [3.63, 3.8) is 0 Å². The molecule has 5 heteroatoms. The third-order valence-corrected chi connectivity index (χ3v) is 11.7. The number of hydrogen-bond acceptors (Lipinski definition) is 5. The number of para-hydroxylation sites is 2. The molecule has 0 saturated heterocycles. The highest BCUT2D eigenvalue weighted by molar-refractivity contribution is 6.12. The van der Waals surface area contributed by atoms with Crippen LogP contribution in [0, 0.1) is 0 Å². The van der Waals surface area contributed by atoms with Crippen LogP contribution in [0.1, 0.15) is 17.0 Å². The number of aromatic nitrogens is 3. The van der Waals surface area contributed by atoms with Crippen molar-refractivity contribution in [1.29, 1.82) is 0 Å². The molecule has 0 fully saturated rings. The van der Waals surface area contributed by atoms with Crippen LogP contribution >= 0.6 is 0 Å². The maximum atomic E-state index is 6.90. The van der Waals surface area contributed by atoms with Crippen molar-refractivity contribution >= 4 is 49.1 Å². The maximum Gasteiger partial charge on any atom is 0.164 e. The predicted molar refractivity (Wildman–Crippen MR) is 235 cm³/mol. The summed E-state index contributed by atoms with van der Waals surface area (Å²) < 4.78 is 13.2. The number of ether oxygens (including phenoxy) is 1. The quantitative estimate of drug-likeness (QED) is 0.176. The molecule has 0 N–H and O–H groups in total. The van der Waals surface area contributed by atoms with Crippen LogP contribution in [-0.2, 0) is 0 Å². The van der Waals surface area contributed by atoms with Crippen LogP contribution in [0.5, 0.6) is 5.75 Å². The van der Waals surface area contributed by atoms with Crippen molar-refractivity contribution in [2.75, 3.05) is 0 Å². The van der Waals surface area contributed by atoms with E-state index in [1.165, 1.54) is 27.5 Å². The summed E-state index contributed by atoms with van der Waals surface area (Å²) >= 11 is 0. The van der Waals surface area contributed by atoms with Crippen molar-refractivity contribution in [3.05, 3.63) is 199 Å². The Morgan fingerprint density at radius 3 is 1.93 bits per heavy atom. The molecule has 12 rings (SSSR count). The highest BCUT2D eigenvalue weighted by Crippen LogP contribution is 2.53. The van der Waals surface area contributed by atoms with Crippen molar-refractivity contribution in [1.82, 2.24) is 15.0 Å². The van der Waals surface area contributed by atoms with Gasteiger partial charge in [-0.1, -0.05) is 164 Å². The average Bonchev–Trinajstić information content (AvgIpc) is 3.88. The van der Waals surface area contributed by atoms with E-state index in [-0.39, 0.29) is 12.0 Å². The summed E-state index contributed by atoms with van der Waals surface area (Å²) in [5.41, 5.74) is 10.3. The highest BCUT2D eigenvalue weighted by Gasteiger charge is 2.39. The topological polar surface area (TPSA) is 61.0 Å². The molecular weight excluding hydrogens is 711 g/mol. The molecule has 1 aliphatic carbocycles. The van der Waals surface area contributed by atoms with Gasteiger partial charge in [0.1, 0.15) is 23.0 Å². The van der Waals surface area contributed by atoms with E-state index < -0.39 is 0 Å². The molecule has 2 unspecified atom stereocenters. The zero-order chi connectivity index (χ0) is 38.2. The SMILES string of the molecule is C1=CC2Oc3c(-c4cccc5ccccc45)cccc3C2C(c2ccc(-c3nc(-c4ccccc4)nc(-c4cccc5oc6ccccc6c45)n3)c3ccccc23)=C1. The molecule has 10 aromatic rings. The number of nitrogens with zero attached hydrogens (tertiary/aromatic N) is 3. The summed E-state index contributed by atoms with van der Waals surface area (Å²) in [5, 5.41) is 6.65. The minimum absolute atomic E-state index is 0.0305. The molecule has 0 bridgehead atoms. The molecule has 272 valence electrons. The Hall–Kier alpha value is -7.63. The van der Waals surface area contributed by atoms with E-state index in [9.17, 15) is 0 Å². The summed E-state index contributed by atoms with van der Waals surface area (Å²) in [4.78, 5) is 15.6. The molecule has 2 aromatic heterocycles. The molecule has 1 aliphatic heterocycles. The molecule has 58 heavy (non-hydrogen) atoms. The number of hydrogen-bond donors (Lipinski definition) is 0. The third kappa shape index (κ3) is 5.07. The van der Waals surface area contributed by atoms with Gasteiger partial charge in [-0.2, -0.15) is 0 Å². The van der Waals surface area contributed by atoms with Gasteiger partial charge in [-0.25, -0.2) is 15.0 Å². The Labute approximate surface area is 334 Å². The van der Waals surface area contributed by atoms with E-state index in [0.29, 0.717) is 17.5 Å². The Morgan fingerprint density at radius 2 is 1.05 bits per heavy atom. The van der Waals surface area contributed by atoms with Gasteiger partial charge in [-0.05, 0) is 62.5 Å². The Balaban J connectivity index is 1.02. The second-order valence-corrected chi connectivity index (χ2v) is 15.0. The first-order valence-corrected chi connectivity index (χ1v) is 19.7. The Morgan fingerprint density at radius 1 is 0.431 bits per heavy atom. The summed E-state index contributed by atoms with van der Waals surface area (Å²) in [6.45, 7) is 0. The van der Waals surface area contributed by atoms with Crippen LogP contribution in [0.15, 0.2) is 193 Å². The molecule has 0 saturated carbocycles. The maximum absolute atomic E-state index is 6.90. The summed E-state index contributed by atoms with van der Waals surface area (Å²) in [7, 11) is 0. The van der Waals surface area contributed by atoms with Crippen molar-refractivity contribution in [3.8, 4) is 51.0 Å². The fraction of sp³-hybridized carbons (Fsp3) is 0.0377. The minimum atomic E-state index is -0.120. The number of furan rings is 1. The third-order valence-electron chi connectivity index (χ3n) is 11.7. The van der Waals surface area contributed by atoms with Gasteiger partial charge in [0.25, 0.3) is 0 Å². The lowest BCUT2D eigenvalue weighted by Crippen LogP contribution is -2.19. The van der Waals surface area contributed by atoms with Crippen LogP contribution in [-0.4, -0.2) is 21.1 Å². The normalized spacial score (nSPS) is 15.8. The molecule has 0 spiro atoms. The standard InChI is InChI=1S/C53H33N3O2/c1-2-15-33(16-3-1)51-54-52(56-53(55-51)44-26-13-28-46-49(44)42-21-8-9-27-45(42)57-46)41-31-30-38(36-19-6-7-20-37(36)41)39-23-12-29-47-48(39)43-25-11-24-40(50(43)58-47)35-22-10-17-32-14-4-5-18-34(32)35/h1-31,47-48H. The van der Waals surface area contributed by atoms with Gasteiger partial charge in [-0.15, -0.1) is 0 Å². The molecular formula is C53H33N3O2. The van der Waals surface area contributed by atoms with E-state index in [1.807, 2.05) is 60.7 Å². The zero-order valence-electron chi connectivity index (χ0n) is 31.2. The largest absolute Gasteiger partial charge is 0.484 e. The molecule has 2 atom stereocenters. The van der Waals surface area contributed by atoms with E-state index in [0.717, 1.165) is 66.3 Å². The first kappa shape index (κ1) is 32.6. The van der Waals surface area contributed by atoms with Gasteiger partial charge < -0.3 is 9.15 Å². The molecule has 0 amide bonds. The summed E-state index contributed by atoms with van der Waals surface area (Å²) in [6, 6.07) is 59.0. The lowest BCUT2D eigenvalue weighted by Gasteiger charge is -2.24. The highest BCUT2D eigenvalue weighted by atomic mass is 16.5. The van der Waals surface area contributed by atoms with Crippen LogP contribution in [0.4, 0.5) is 0 Å². The summed E-state index contributed by atoms with van der Waals surface area (Å²) in [6.07, 6.45) is 6.48. The number of benzene rings is 8. The van der Waals surface area contributed by atoms with Gasteiger partial charge in [-0.3, -0.25) is 0 Å². The second kappa shape index (κ2) is 13.0. The van der Waals surface area contributed by atoms with Crippen molar-refractivity contribution in [2.24, 2.45) is 0 Å². The van der Waals surface area contributed by atoms with Crippen LogP contribution in [0.2, 0.25) is 0 Å². The Kier molecular flexibility index (Phi) is 7.29. The van der Waals surface area contributed by atoms with Gasteiger partial charge in [0.2, 0.25) is 0 Å². The molecule has 3 heterocycles. The van der Waals surface area contributed by atoms with E-state index in [2.05, 4.69) is 127 Å². The average molecular weight is 744 g/mol. The van der Waals surface area contributed by atoms with Gasteiger partial charge in [0.05, 0.1) is 5.92 Å². The van der Waals surface area contributed by atoms with Gasteiger partial charge in [0, 0.05) is 38.6 Å². The van der Waals surface area contributed by atoms with Crippen molar-refractivity contribution in [2.45, 2.75) is 12.0 Å². The zero-order valence-corrected chi connectivity index (χ0v) is 31.2. The van der Waals surface area contributed by atoms with E-state index in [1.54, 1.807) is 0 Å². The first-order valence-electron chi connectivity index (χ1n) is 19.7. The van der Waals surface area contributed by atoms with Crippen LogP contribution < -0.4 is 4.74 Å². The lowest BCUT2D eigenvalue weighted by atomic mass is 9.79. The van der Waals surface area contributed by atoms with Crippen LogP contribution in [0.25, 0.3) is 94.3 Å². The van der Waals surface area contributed by atoms with Crippen molar-refractivity contribution < 1.29 is 9.15 Å². The fourth-order valence-electron chi connectivity index (χ4n) is 9.15. The monoisotopic (exact) mass is 743 g/mol. The number of allylic oxidation sites excluding steroid dienone is 2. The Bertz CT molecular complexity index is 3340. The van der Waals surface area contributed by atoms with Crippen LogP contribution in [0.3, 0.4) is 0 Å². The van der Waals surface area contributed by atoms with Gasteiger partial charge in [0.15, 0.2) is 17.5 Å². The van der Waals surface area contributed by atoms with E-state index in [4.69, 9.17) is 24.1 Å². The van der Waals surface area contributed by atoms with Gasteiger partial charge >= 0.3 is 0 Å².